The number of nitrogens with zero attached hydrogens (tertiary/aromatic N) is 2. The van der Waals surface area contributed by atoms with E-state index in [2.05, 4.69) is 5.32 Å². The van der Waals surface area contributed by atoms with Gasteiger partial charge in [-0.3, -0.25) is 9.59 Å². The van der Waals surface area contributed by atoms with Gasteiger partial charge in [-0.25, -0.2) is 0 Å². The number of carbonyl (C=O) groups excluding carboxylic acids is 2. The summed E-state index contributed by atoms with van der Waals surface area (Å²) in [6.45, 7) is 5.23. The highest BCUT2D eigenvalue weighted by Crippen LogP contribution is 2.20. The molecule has 0 fully saturated rings. The summed E-state index contributed by atoms with van der Waals surface area (Å²) < 4.78 is 0. The molecule has 0 atom stereocenters. The summed E-state index contributed by atoms with van der Waals surface area (Å²) in [5, 5.41) is 3.42. The van der Waals surface area contributed by atoms with Crippen molar-refractivity contribution >= 4 is 29.1 Å². The van der Waals surface area contributed by atoms with Gasteiger partial charge in [0.25, 0.3) is 0 Å². The summed E-state index contributed by atoms with van der Waals surface area (Å²) in [6.07, 6.45) is 0.262. The fraction of sp³-hybridized carbons (Fsp3) is 0.500. The van der Waals surface area contributed by atoms with Gasteiger partial charge >= 0.3 is 0 Å². The van der Waals surface area contributed by atoms with Crippen LogP contribution in [-0.4, -0.2) is 55.3 Å². The van der Waals surface area contributed by atoms with Crippen LogP contribution in [0.2, 0.25) is 5.02 Å². The van der Waals surface area contributed by atoms with Crippen LogP contribution in [-0.2, 0) is 9.59 Å². The third kappa shape index (κ3) is 6.45. The van der Waals surface area contributed by atoms with Crippen molar-refractivity contribution in [3.63, 3.8) is 0 Å². The van der Waals surface area contributed by atoms with Crippen LogP contribution in [0.4, 0.5) is 5.69 Å². The Kier molecular flexibility index (Phi) is 7.35. The molecule has 0 unspecified atom stereocenters. The minimum absolute atomic E-state index is 0.0203. The number of carbonyl (C=O) groups is 2. The van der Waals surface area contributed by atoms with Gasteiger partial charge in [-0.1, -0.05) is 17.7 Å². The minimum atomic E-state index is -0.129. The van der Waals surface area contributed by atoms with E-state index in [1.54, 1.807) is 11.0 Å². The van der Waals surface area contributed by atoms with Crippen LogP contribution >= 0.6 is 11.6 Å². The summed E-state index contributed by atoms with van der Waals surface area (Å²) in [4.78, 5) is 27.2. The molecule has 0 aromatic heterocycles. The molecule has 0 saturated heterocycles. The Balaban J connectivity index is 2.49. The van der Waals surface area contributed by atoms with Crippen LogP contribution < -0.4 is 5.32 Å². The average Bonchev–Trinajstić information content (AvgIpc) is 2.42. The average molecular weight is 326 g/mol. The number of rotatable bonds is 7. The number of hydrogen-bond donors (Lipinski definition) is 1. The molecule has 0 radical (unpaired) electrons. The van der Waals surface area contributed by atoms with Crippen LogP contribution in [0.25, 0.3) is 0 Å². The summed E-state index contributed by atoms with van der Waals surface area (Å²) in [5.74, 6) is -0.149. The van der Waals surface area contributed by atoms with E-state index in [9.17, 15) is 9.59 Å². The number of halogens is 1. The van der Waals surface area contributed by atoms with Gasteiger partial charge in [0.15, 0.2) is 0 Å². The summed E-state index contributed by atoms with van der Waals surface area (Å²) in [5.41, 5.74) is 1.63. The van der Waals surface area contributed by atoms with Gasteiger partial charge in [-0.15, -0.1) is 0 Å². The fourth-order valence-corrected chi connectivity index (χ4v) is 2.06. The maximum Gasteiger partial charge on any atom is 0.226 e. The molecule has 0 aliphatic heterocycles. The molecule has 1 rings (SSSR count). The van der Waals surface area contributed by atoms with Crippen molar-refractivity contribution in [3.8, 4) is 0 Å². The van der Waals surface area contributed by atoms with Gasteiger partial charge in [0.2, 0.25) is 11.8 Å². The number of hydrogen-bond acceptors (Lipinski definition) is 3. The van der Waals surface area contributed by atoms with E-state index in [0.717, 1.165) is 12.1 Å². The highest BCUT2D eigenvalue weighted by atomic mass is 35.5. The standard InChI is InChI=1S/C16H24ClN3O2/c1-12-5-6-14(11-15(12)17)18-16(22)7-8-20(13(2)21)10-9-19(3)4/h5-6,11H,7-10H2,1-4H3,(H,18,22). The number of benzene rings is 1. The Morgan fingerprint density at radius 1 is 1.18 bits per heavy atom. The Bertz CT molecular complexity index is 532. The van der Waals surface area contributed by atoms with E-state index >= 15 is 0 Å². The van der Waals surface area contributed by atoms with E-state index in [1.165, 1.54) is 6.92 Å². The molecule has 1 N–H and O–H groups in total. The fourth-order valence-electron chi connectivity index (χ4n) is 1.88. The summed E-state index contributed by atoms with van der Waals surface area (Å²) in [6, 6.07) is 5.40. The second kappa shape index (κ2) is 8.76. The van der Waals surface area contributed by atoms with Crippen molar-refractivity contribution in [2.24, 2.45) is 0 Å². The molecule has 0 heterocycles. The van der Waals surface area contributed by atoms with E-state index in [-0.39, 0.29) is 18.2 Å². The first-order valence-electron chi connectivity index (χ1n) is 7.26. The molecule has 0 aliphatic rings. The monoisotopic (exact) mass is 325 g/mol. The topological polar surface area (TPSA) is 52.7 Å². The molecule has 0 spiro atoms. The zero-order valence-electron chi connectivity index (χ0n) is 13.6. The lowest BCUT2D eigenvalue weighted by Crippen LogP contribution is -2.37. The molecular weight excluding hydrogens is 302 g/mol. The van der Waals surface area contributed by atoms with Crippen molar-refractivity contribution < 1.29 is 9.59 Å². The number of amides is 2. The second-order valence-corrected chi connectivity index (χ2v) is 5.98. The van der Waals surface area contributed by atoms with Gasteiger partial charge in [-0.05, 0) is 38.7 Å². The number of nitrogens with one attached hydrogen (secondary N) is 1. The molecule has 0 bridgehead atoms. The first-order valence-corrected chi connectivity index (χ1v) is 7.63. The third-order valence-electron chi connectivity index (χ3n) is 3.33. The lowest BCUT2D eigenvalue weighted by Gasteiger charge is -2.22. The molecule has 1 aromatic carbocycles. The van der Waals surface area contributed by atoms with Crippen LogP contribution in [0.1, 0.15) is 18.9 Å². The van der Waals surface area contributed by atoms with Gasteiger partial charge in [0.1, 0.15) is 0 Å². The molecular formula is C16H24ClN3O2. The second-order valence-electron chi connectivity index (χ2n) is 5.57. The first kappa shape index (κ1) is 18.5. The molecule has 5 nitrogen and oxygen atoms in total. The van der Waals surface area contributed by atoms with Gasteiger partial charge in [0.05, 0.1) is 0 Å². The van der Waals surface area contributed by atoms with Crippen molar-refractivity contribution in [1.29, 1.82) is 0 Å². The lowest BCUT2D eigenvalue weighted by atomic mass is 10.2. The lowest BCUT2D eigenvalue weighted by molar-refractivity contribution is -0.129. The maximum absolute atomic E-state index is 12.0. The minimum Gasteiger partial charge on any atom is -0.341 e. The van der Waals surface area contributed by atoms with Crippen LogP contribution in [0.15, 0.2) is 18.2 Å². The number of aryl methyl sites for hydroxylation is 1. The highest BCUT2D eigenvalue weighted by molar-refractivity contribution is 6.31. The van der Waals surface area contributed by atoms with Gasteiger partial charge in [0, 0.05) is 43.7 Å². The van der Waals surface area contributed by atoms with E-state index in [0.29, 0.717) is 23.8 Å². The van der Waals surface area contributed by atoms with Crippen molar-refractivity contribution in [2.45, 2.75) is 20.3 Å². The quantitative estimate of drug-likeness (QED) is 0.837. The Morgan fingerprint density at radius 2 is 1.86 bits per heavy atom. The Hall–Kier alpha value is -1.59. The summed E-state index contributed by atoms with van der Waals surface area (Å²) in [7, 11) is 3.90. The zero-order valence-corrected chi connectivity index (χ0v) is 14.4. The molecule has 6 heteroatoms. The van der Waals surface area contributed by atoms with Crippen molar-refractivity contribution in [1.82, 2.24) is 9.80 Å². The van der Waals surface area contributed by atoms with Crippen molar-refractivity contribution in [2.75, 3.05) is 39.0 Å². The molecule has 2 amide bonds. The SMILES string of the molecule is CC(=O)N(CCC(=O)Nc1ccc(C)c(Cl)c1)CCN(C)C. The normalized spacial score (nSPS) is 10.6. The van der Waals surface area contributed by atoms with Crippen molar-refractivity contribution in [3.05, 3.63) is 28.8 Å². The van der Waals surface area contributed by atoms with Crippen LogP contribution in [0.3, 0.4) is 0 Å². The predicted molar refractivity (Wildman–Crippen MR) is 90.2 cm³/mol. The van der Waals surface area contributed by atoms with E-state index in [4.69, 9.17) is 11.6 Å². The molecule has 0 aliphatic carbocycles. The Labute approximate surface area is 137 Å². The smallest absolute Gasteiger partial charge is 0.226 e. The third-order valence-corrected chi connectivity index (χ3v) is 3.73. The van der Waals surface area contributed by atoms with Gasteiger partial charge < -0.3 is 15.1 Å². The summed E-state index contributed by atoms with van der Waals surface area (Å²) >= 11 is 6.03. The van der Waals surface area contributed by atoms with E-state index < -0.39 is 0 Å². The largest absolute Gasteiger partial charge is 0.341 e. The number of anilines is 1. The molecule has 122 valence electrons. The van der Waals surface area contributed by atoms with Crippen LogP contribution in [0.5, 0.6) is 0 Å². The van der Waals surface area contributed by atoms with Gasteiger partial charge in [-0.2, -0.15) is 0 Å². The van der Waals surface area contributed by atoms with E-state index in [1.807, 2.05) is 38.1 Å². The number of likely N-dealkylation sites (N-methyl/N-ethyl adjacent to an activating group) is 1. The molecule has 1 aromatic rings. The molecule has 22 heavy (non-hydrogen) atoms. The zero-order chi connectivity index (χ0) is 16.7. The maximum atomic E-state index is 12.0. The molecule has 0 saturated carbocycles. The first-order chi connectivity index (χ1) is 10.3. The predicted octanol–water partition coefficient (Wildman–Crippen LogP) is 2.39. The van der Waals surface area contributed by atoms with Crippen LogP contribution in [0, 0.1) is 6.92 Å². The highest BCUT2D eigenvalue weighted by Gasteiger charge is 2.11. The Morgan fingerprint density at radius 3 is 2.41 bits per heavy atom.